The third-order valence-corrected chi connectivity index (χ3v) is 2.02. The number of carbonyl (C=O) groups is 3. The zero-order valence-corrected chi connectivity index (χ0v) is 12.1. The van der Waals surface area contributed by atoms with Gasteiger partial charge >= 0.3 is 11.9 Å². The molecule has 0 aliphatic rings. The van der Waals surface area contributed by atoms with Crippen LogP contribution in [0.1, 0.15) is 47.5 Å². The number of aliphatic carboxylic acids is 1. The van der Waals surface area contributed by atoms with Crippen LogP contribution in [0.4, 0.5) is 0 Å². The van der Waals surface area contributed by atoms with Gasteiger partial charge in [-0.05, 0) is 26.7 Å². The number of hydrogen-bond acceptors (Lipinski definition) is 4. The first-order chi connectivity index (χ1) is 8.51. The molecular weight excluding hydrogens is 250 g/mol. The summed E-state index contributed by atoms with van der Waals surface area (Å²) in [5.41, 5.74) is -0.678. The highest BCUT2D eigenvalue weighted by atomic mass is 16.6. The predicted octanol–water partition coefficient (Wildman–Crippen LogP) is 1.33. The standard InChI is InChI=1S/C13H23NO5/c1-8(2)6-10(15)14-9(12(17)18)7-11(16)19-13(3,4)5/h8-9H,6-7H2,1-5H3,(H,14,15)(H,17,18)/t9-/m0/s1. The van der Waals surface area contributed by atoms with E-state index in [1.807, 2.05) is 13.8 Å². The largest absolute Gasteiger partial charge is 0.480 e. The fourth-order valence-corrected chi connectivity index (χ4v) is 1.37. The Bertz CT molecular complexity index is 343. The van der Waals surface area contributed by atoms with Crippen LogP contribution in [0.3, 0.4) is 0 Å². The van der Waals surface area contributed by atoms with Gasteiger partial charge < -0.3 is 15.2 Å². The molecule has 2 N–H and O–H groups in total. The van der Waals surface area contributed by atoms with Crippen molar-refractivity contribution < 1.29 is 24.2 Å². The molecule has 1 atom stereocenters. The van der Waals surface area contributed by atoms with E-state index in [9.17, 15) is 14.4 Å². The van der Waals surface area contributed by atoms with Gasteiger partial charge in [-0.25, -0.2) is 4.79 Å². The van der Waals surface area contributed by atoms with E-state index in [2.05, 4.69) is 5.32 Å². The summed E-state index contributed by atoms with van der Waals surface area (Å²) in [4.78, 5) is 34.0. The molecule has 0 heterocycles. The number of nitrogens with one attached hydrogen (secondary N) is 1. The predicted molar refractivity (Wildman–Crippen MR) is 69.5 cm³/mol. The topological polar surface area (TPSA) is 92.7 Å². The Morgan fingerprint density at radius 3 is 2.05 bits per heavy atom. The normalized spacial score (nSPS) is 12.9. The minimum Gasteiger partial charge on any atom is -0.480 e. The molecule has 6 heteroatoms. The molecule has 0 radical (unpaired) electrons. The number of rotatable bonds is 6. The van der Waals surface area contributed by atoms with Gasteiger partial charge in [0.05, 0.1) is 6.42 Å². The van der Waals surface area contributed by atoms with Crippen LogP contribution in [0.15, 0.2) is 0 Å². The van der Waals surface area contributed by atoms with Crippen molar-refractivity contribution in [2.24, 2.45) is 5.92 Å². The van der Waals surface area contributed by atoms with E-state index in [4.69, 9.17) is 9.84 Å². The molecule has 0 aliphatic carbocycles. The lowest BCUT2D eigenvalue weighted by atomic mass is 10.1. The molecule has 0 rings (SSSR count). The number of carbonyl (C=O) groups excluding carboxylic acids is 2. The molecule has 19 heavy (non-hydrogen) atoms. The second-order valence-electron chi connectivity index (χ2n) is 5.85. The minimum atomic E-state index is -1.25. The van der Waals surface area contributed by atoms with E-state index in [1.165, 1.54) is 0 Å². The minimum absolute atomic E-state index is 0.121. The van der Waals surface area contributed by atoms with Crippen LogP contribution < -0.4 is 5.32 Å². The van der Waals surface area contributed by atoms with Gasteiger partial charge in [0.15, 0.2) is 0 Å². The van der Waals surface area contributed by atoms with E-state index in [0.29, 0.717) is 0 Å². The lowest BCUT2D eigenvalue weighted by Crippen LogP contribution is -2.43. The molecule has 0 unspecified atom stereocenters. The van der Waals surface area contributed by atoms with Gasteiger partial charge in [-0.15, -0.1) is 0 Å². The Labute approximate surface area is 113 Å². The smallest absolute Gasteiger partial charge is 0.326 e. The van der Waals surface area contributed by atoms with Gasteiger partial charge in [-0.3, -0.25) is 9.59 Å². The summed E-state index contributed by atoms with van der Waals surface area (Å²) < 4.78 is 5.03. The summed E-state index contributed by atoms with van der Waals surface area (Å²) in [6.45, 7) is 8.78. The molecule has 0 bridgehead atoms. The fourth-order valence-electron chi connectivity index (χ4n) is 1.37. The van der Waals surface area contributed by atoms with Crippen molar-refractivity contribution in [3.63, 3.8) is 0 Å². The van der Waals surface area contributed by atoms with Crippen LogP contribution in [0, 0.1) is 5.92 Å². The van der Waals surface area contributed by atoms with Crippen molar-refractivity contribution in [1.29, 1.82) is 0 Å². The first kappa shape index (κ1) is 17.4. The summed E-state index contributed by atoms with van der Waals surface area (Å²) in [5, 5.41) is 11.3. The van der Waals surface area contributed by atoms with Gasteiger partial charge in [0, 0.05) is 6.42 Å². The highest BCUT2D eigenvalue weighted by molar-refractivity contribution is 5.87. The van der Waals surface area contributed by atoms with E-state index in [1.54, 1.807) is 20.8 Å². The molecular formula is C13H23NO5. The molecule has 0 aromatic carbocycles. The average Bonchev–Trinajstić information content (AvgIpc) is 2.11. The third kappa shape index (κ3) is 9.04. The van der Waals surface area contributed by atoms with E-state index in [0.717, 1.165) is 0 Å². The Kier molecular flexibility index (Phi) is 6.52. The number of amides is 1. The SMILES string of the molecule is CC(C)CC(=O)N[C@@H](CC(=O)OC(C)(C)C)C(=O)O. The van der Waals surface area contributed by atoms with Crippen molar-refractivity contribution in [3.8, 4) is 0 Å². The number of esters is 1. The van der Waals surface area contributed by atoms with Crippen molar-refractivity contribution >= 4 is 17.8 Å². The van der Waals surface area contributed by atoms with Crippen LogP contribution in [-0.2, 0) is 19.1 Å². The maximum atomic E-state index is 11.5. The van der Waals surface area contributed by atoms with Crippen molar-refractivity contribution in [2.45, 2.75) is 59.1 Å². The van der Waals surface area contributed by atoms with Crippen LogP contribution in [0.2, 0.25) is 0 Å². The second kappa shape index (κ2) is 7.11. The van der Waals surface area contributed by atoms with Crippen molar-refractivity contribution in [3.05, 3.63) is 0 Å². The number of ether oxygens (including phenoxy) is 1. The van der Waals surface area contributed by atoms with Gasteiger partial charge in [-0.1, -0.05) is 13.8 Å². The van der Waals surface area contributed by atoms with E-state index >= 15 is 0 Å². The van der Waals surface area contributed by atoms with Crippen LogP contribution in [0.5, 0.6) is 0 Å². The Hall–Kier alpha value is -1.59. The summed E-state index contributed by atoms with van der Waals surface area (Å²) in [7, 11) is 0. The monoisotopic (exact) mass is 273 g/mol. The molecule has 0 saturated carbocycles. The molecule has 6 nitrogen and oxygen atoms in total. The number of carboxylic acids is 1. The molecule has 0 aromatic rings. The molecule has 0 spiro atoms. The van der Waals surface area contributed by atoms with Crippen molar-refractivity contribution in [2.75, 3.05) is 0 Å². The van der Waals surface area contributed by atoms with Gasteiger partial charge in [0.25, 0.3) is 0 Å². The average molecular weight is 273 g/mol. The zero-order chi connectivity index (χ0) is 15.2. The molecule has 0 aliphatic heterocycles. The maximum Gasteiger partial charge on any atom is 0.326 e. The number of carboxylic acid groups (broad SMARTS) is 1. The summed E-state index contributed by atoms with van der Waals surface area (Å²) >= 11 is 0. The van der Waals surface area contributed by atoms with Gasteiger partial charge in [0.2, 0.25) is 5.91 Å². The Morgan fingerprint density at radius 2 is 1.68 bits per heavy atom. The van der Waals surface area contributed by atoms with E-state index in [-0.39, 0.29) is 24.7 Å². The fraction of sp³-hybridized carbons (Fsp3) is 0.769. The maximum absolute atomic E-state index is 11.5. The summed E-state index contributed by atoms with van der Waals surface area (Å²) in [5.74, 6) is -2.16. The molecule has 0 aromatic heterocycles. The second-order valence-corrected chi connectivity index (χ2v) is 5.85. The van der Waals surface area contributed by atoms with Gasteiger partial charge in [0.1, 0.15) is 11.6 Å². The first-order valence-electron chi connectivity index (χ1n) is 6.25. The third-order valence-electron chi connectivity index (χ3n) is 2.02. The lowest BCUT2D eigenvalue weighted by Gasteiger charge is -2.21. The molecule has 1 amide bonds. The first-order valence-corrected chi connectivity index (χ1v) is 6.25. The quantitative estimate of drug-likeness (QED) is 0.712. The highest BCUT2D eigenvalue weighted by Gasteiger charge is 2.26. The van der Waals surface area contributed by atoms with Crippen LogP contribution in [-0.4, -0.2) is 34.6 Å². The van der Waals surface area contributed by atoms with Crippen LogP contribution >= 0.6 is 0 Å². The Morgan fingerprint density at radius 1 is 1.16 bits per heavy atom. The van der Waals surface area contributed by atoms with Crippen molar-refractivity contribution in [1.82, 2.24) is 5.32 Å². The Balaban J connectivity index is 4.47. The summed E-state index contributed by atoms with van der Waals surface area (Å²) in [6, 6.07) is -1.25. The highest BCUT2D eigenvalue weighted by Crippen LogP contribution is 2.10. The number of hydrogen-bond donors (Lipinski definition) is 2. The summed E-state index contributed by atoms with van der Waals surface area (Å²) in [6.07, 6.45) is -0.158. The van der Waals surface area contributed by atoms with Crippen LogP contribution in [0.25, 0.3) is 0 Å². The zero-order valence-electron chi connectivity index (χ0n) is 12.1. The molecule has 0 saturated heterocycles. The molecule has 110 valence electrons. The van der Waals surface area contributed by atoms with E-state index < -0.39 is 23.6 Å². The van der Waals surface area contributed by atoms with Gasteiger partial charge in [-0.2, -0.15) is 0 Å². The lowest BCUT2D eigenvalue weighted by molar-refractivity contribution is -0.158. The molecule has 0 fully saturated rings.